The molecule has 1 aliphatic rings. The molecule has 0 saturated heterocycles. The van der Waals surface area contributed by atoms with Gasteiger partial charge in [-0.15, -0.1) is 5.11 Å². The summed E-state index contributed by atoms with van der Waals surface area (Å²) in [5, 5.41) is 8.22. The van der Waals surface area contributed by atoms with E-state index < -0.39 is 4.45 Å². The van der Waals surface area contributed by atoms with Gasteiger partial charge in [-0.3, -0.25) is 0 Å². The molecule has 0 saturated carbocycles. The number of nitrogens with zero attached hydrogens (tertiary/aromatic N) is 2. The topological polar surface area (TPSA) is 50.7 Å². The molecule has 2 N–H and O–H groups in total. The second-order valence-electron chi connectivity index (χ2n) is 4.69. The SMILES string of the molecule is CCC(N)(Br)c1ccc(-c2ccc3cc2N=N3)cc1. The van der Waals surface area contributed by atoms with E-state index in [1.807, 2.05) is 12.1 Å². The van der Waals surface area contributed by atoms with Crippen LogP contribution in [0.1, 0.15) is 18.9 Å². The summed E-state index contributed by atoms with van der Waals surface area (Å²) in [6.07, 6.45) is 0.834. The lowest BCUT2D eigenvalue weighted by atomic mass is 9.99. The molecular weight excluding hydrogens is 302 g/mol. The monoisotopic (exact) mass is 315 g/mol. The molecule has 2 aromatic carbocycles. The van der Waals surface area contributed by atoms with Crippen LogP contribution in [0.3, 0.4) is 0 Å². The highest BCUT2D eigenvalue weighted by Gasteiger charge is 2.20. The number of alkyl halides is 1. The molecule has 0 radical (unpaired) electrons. The standard InChI is InChI=1S/C15H14BrN3/c1-2-15(16,17)11-5-3-10(4-6-11)13-8-7-12-9-14(13)19-18-12/h3-9H,2,17H2,1H3. The highest BCUT2D eigenvalue weighted by atomic mass is 79.9. The van der Waals surface area contributed by atoms with E-state index in [0.717, 1.165) is 34.5 Å². The van der Waals surface area contributed by atoms with Gasteiger partial charge >= 0.3 is 0 Å². The lowest BCUT2D eigenvalue weighted by Crippen LogP contribution is -2.28. The minimum Gasteiger partial charge on any atom is -0.313 e. The highest BCUT2D eigenvalue weighted by molar-refractivity contribution is 9.09. The molecule has 0 fully saturated rings. The predicted octanol–water partition coefficient (Wildman–Crippen LogP) is 5.00. The molecule has 2 bridgehead atoms. The maximum atomic E-state index is 6.17. The van der Waals surface area contributed by atoms with Crippen molar-refractivity contribution in [1.82, 2.24) is 0 Å². The fraction of sp³-hybridized carbons (Fsp3) is 0.200. The Balaban J connectivity index is 1.98. The first-order valence-corrected chi connectivity index (χ1v) is 7.04. The molecular formula is C15H14BrN3. The van der Waals surface area contributed by atoms with Crippen molar-refractivity contribution >= 4 is 27.3 Å². The van der Waals surface area contributed by atoms with Crippen molar-refractivity contribution in [2.75, 3.05) is 0 Å². The fourth-order valence-electron chi connectivity index (χ4n) is 2.15. The summed E-state index contributed by atoms with van der Waals surface area (Å²) in [6, 6.07) is 14.3. The van der Waals surface area contributed by atoms with Gasteiger partial charge in [0, 0.05) is 5.56 Å². The van der Waals surface area contributed by atoms with Crippen molar-refractivity contribution in [3.8, 4) is 11.1 Å². The van der Waals surface area contributed by atoms with Crippen LogP contribution in [0.25, 0.3) is 11.1 Å². The van der Waals surface area contributed by atoms with E-state index in [9.17, 15) is 0 Å². The van der Waals surface area contributed by atoms with Crippen LogP contribution in [0.2, 0.25) is 0 Å². The normalized spacial score (nSPS) is 15.5. The van der Waals surface area contributed by atoms with Crippen LogP contribution in [-0.2, 0) is 4.45 Å². The molecule has 4 heteroatoms. The van der Waals surface area contributed by atoms with Crippen LogP contribution in [0.5, 0.6) is 0 Å². The summed E-state index contributed by atoms with van der Waals surface area (Å²) < 4.78 is -0.452. The molecule has 3 nitrogen and oxygen atoms in total. The zero-order valence-electron chi connectivity index (χ0n) is 10.6. The molecule has 0 aromatic heterocycles. The molecule has 1 heterocycles. The van der Waals surface area contributed by atoms with Crippen LogP contribution in [0.15, 0.2) is 52.7 Å². The van der Waals surface area contributed by atoms with Crippen molar-refractivity contribution in [3.05, 3.63) is 48.0 Å². The van der Waals surface area contributed by atoms with Gasteiger partial charge in [0.15, 0.2) is 0 Å². The third-order valence-electron chi connectivity index (χ3n) is 3.44. The summed E-state index contributed by atoms with van der Waals surface area (Å²) in [5.41, 5.74) is 11.3. The quantitative estimate of drug-likeness (QED) is 0.536. The number of azo groups is 1. The minimum absolute atomic E-state index is 0.452. The Hall–Kier alpha value is -1.52. The van der Waals surface area contributed by atoms with Gasteiger partial charge in [0.1, 0.15) is 0 Å². The third-order valence-corrected chi connectivity index (χ3v) is 4.46. The fourth-order valence-corrected chi connectivity index (χ4v) is 2.42. The van der Waals surface area contributed by atoms with E-state index in [1.165, 1.54) is 0 Å². The van der Waals surface area contributed by atoms with Crippen LogP contribution >= 0.6 is 15.9 Å². The molecule has 1 unspecified atom stereocenters. The van der Waals surface area contributed by atoms with Gasteiger partial charge in [-0.05, 0) is 35.7 Å². The average Bonchev–Trinajstić information content (AvgIpc) is 2.81. The van der Waals surface area contributed by atoms with E-state index >= 15 is 0 Å². The number of benzene rings is 2. The molecule has 1 atom stereocenters. The number of nitrogens with two attached hydrogens (primary N) is 1. The molecule has 0 amide bonds. The Morgan fingerprint density at radius 1 is 1.11 bits per heavy atom. The largest absolute Gasteiger partial charge is 0.313 e. The average molecular weight is 316 g/mol. The Kier molecular flexibility index (Phi) is 2.99. The number of fused-ring (bicyclic) bond motifs is 2. The van der Waals surface area contributed by atoms with Gasteiger partial charge in [0.2, 0.25) is 0 Å². The van der Waals surface area contributed by atoms with Gasteiger partial charge in [-0.1, -0.05) is 47.1 Å². The van der Waals surface area contributed by atoms with E-state index in [2.05, 4.69) is 63.4 Å². The molecule has 3 rings (SSSR count). The Morgan fingerprint density at radius 3 is 2.53 bits per heavy atom. The summed E-state index contributed by atoms with van der Waals surface area (Å²) in [5.74, 6) is 0. The zero-order chi connectivity index (χ0) is 13.5. The summed E-state index contributed by atoms with van der Waals surface area (Å²) in [6.45, 7) is 2.06. The predicted molar refractivity (Wildman–Crippen MR) is 81.1 cm³/mol. The molecule has 0 aliphatic carbocycles. The van der Waals surface area contributed by atoms with Crippen molar-refractivity contribution in [3.63, 3.8) is 0 Å². The molecule has 0 spiro atoms. The zero-order valence-corrected chi connectivity index (χ0v) is 12.2. The summed E-state index contributed by atoms with van der Waals surface area (Å²) in [7, 11) is 0. The number of rotatable bonds is 3. The van der Waals surface area contributed by atoms with E-state index in [-0.39, 0.29) is 0 Å². The van der Waals surface area contributed by atoms with Gasteiger partial charge in [-0.2, -0.15) is 5.11 Å². The van der Waals surface area contributed by atoms with Gasteiger partial charge in [0.05, 0.1) is 15.8 Å². The first kappa shape index (κ1) is 12.5. The second kappa shape index (κ2) is 4.54. The van der Waals surface area contributed by atoms with Crippen molar-refractivity contribution in [2.45, 2.75) is 17.8 Å². The van der Waals surface area contributed by atoms with Crippen molar-refractivity contribution in [1.29, 1.82) is 0 Å². The summed E-state index contributed by atoms with van der Waals surface area (Å²) in [4.78, 5) is 0. The molecule has 96 valence electrons. The van der Waals surface area contributed by atoms with Crippen molar-refractivity contribution < 1.29 is 0 Å². The first-order chi connectivity index (χ1) is 9.10. The van der Waals surface area contributed by atoms with Crippen LogP contribution in [0.4, 0.5) is 11.4 Å². The van der Waals surface area contributed by atoms with Crippen molar-refractivity contribution in [2.24, 2.45) is 16.0 Å². The van der Waals surface area contributed by atoms with E-state index in [4.69, 9.17) is 5.73 Å². The lowest BCUT2D eigenvalue weighted by Gasteiger charge is -2.21. The maximum absolute atomic E-state index is 6.17. The van der Waals surface area contributed by atoms with Gasteiger partial charge in [0.25, 0.3) is 0 Å². The second-order valence-corrected chi connectivity index (χ2v) is 6.11. The molecule has 19 heavy (non-hydrogen) atoms. The smallest absolute Gasteiger partial charge is 0.0969 e. The first-order valence-electron chi connectivity index (χ1n) is 6.24. The van der Waals surface area contributed by atoms with Crippen LogP contribution < -0.4 is 5.73 Å². The lowest BCUT2D eigenvalue weighted by molar-refractivity contribution is 0.647. The van der Waals surface area contributed by atoms with Crippen LogP contribution in [0, 0.1) is 0 Å². The molecule has 2 aromatic rings. The molecule has 1 aliphatic heterocycles. The number of halogens is 1. The Morgan fingerprint density at radius 2 is 1.84 bits per heavy atom. The number of hydrogen-bond acceptors (Lipinski definition) is 3. The Labute approximate surface area is 120 Å². The minimum atomic E-state index is -0.452. The van der Waals surface area contributed by atoms with Crippen LogP contribution in [-0.4, -0.2) is 0 Å². The van der Waals surface area contributed by atoms with Gasteiger partial charge in [-0.25, -0.2) is 0 Å². The summed E-state index contributed by atoms with van der Waals surface area (Å²) >= 11 is 3.55. The maximum Gasteiger partial charge on any atom is 0.0969 e. The van der Waals surface area contributed by atoms with E-state index in [1.54, 1.807) is 0 Å². The highest BCUT2D eigenvalue weighted by Crippen LogP contribution is 2.39. The van der Waals surface area contributed by atoms with E-state index in [0.29, 0.717) is 0 Å². The Bertz CT molecular complexity index is 645. The van der Waals surface area contributed by atoms with Gasteiger partial charge < -0.3 is 5.73 Å². The number of hydrogen-bond donors (Lipinski definition) is 1. The third kappa shape index (κ3) is 2.22.